The van der Waals surface area contributed by atoms with Crippen LogP contribution >= 0.6 is 0 Å². The molecule has 2 aromatic heterocycles. The van der Waals surface area contributed by atoms with E-state index in [9.17, 15) is 4.79 Å². The van der Waals surface area contributed by atoms with Crippen LogP contribution in [0.3, 0.4) is 0 Å². The van der Waals surface area contributed by atoms with E-state index in [2.05, 4.69) is 19.9 Å². The highest BCUT2D eigenvalue weighted by Crippen LogP contribution is 2.04. The molecule has 2 rings (SSSR count). The summed E-state index contributed by atoms with van der Waals surface area (Å²) in [6.45, 7) is 0.465. The molecule has 0 aromatic carbocycles. The van der Waals surface area contributed by atoms with Crippen LogP contribution < -0.4 is 17.0 Å². The van der Waals surface area contributed by atoms with Crippen LogP contribution in [0.1, 0.15) is 5.82 Å². The molecule has 0 aliphatic carbocycles. The van der Waals surface area contributed by atoms with Crippen molar-refractivity contribution in [3.05, 3.63) is 16.2 Å². The summed E-state index contributed by atoms with van der Waals surface area (Å²) in [6.07, 6.45) is 0.579. The fraction of sp³-hybridized carbons (Fsp3) is 0.286. The number of nitrogens with one attached hydrogen (secondary N) is 2. The summed E-state index contributed by atoms with van der Waals surface area (Å²) >= 11 is 0. The summed E-state index contributed by atoms with van der Waals surface area (Å²) in [4.78, 5) is 24.5. The topological polar surface area (TPSA) is 126 Å². The van der Waals surface area contributed by atoms with Gasteiger partial charge in [-0.15, -0.1) is 0 Å². The Labute approximate surface area is 78.6 Å². The molecule has 2 heterocycles. The quantitative estimate of drug-likeness (QED) is 0.474. The minimum Gasteiger partial charge on any atom is -0.369 e. The molecule has 0 fully saturated rings. The maximum atomic E-state index is 11.3. The maximum absolute atomic E-state index is 11.3. The van der Waals surface area contributed by atoms with Crippen molar-refractivity contribution in [1.82, 2.24) is 19.9 Å². The lowest BCUT2D eigenvalue weighted by Gasteiger charge is -1.89. The second kappa shape index (κ2) is 3.11. The van der Waals surface area contributed by atoms with Crippen LogP contribution in [0, 0.1) is 0 Å². The minimum absolute atomic E-state index is 0.0632. The predicted octanol–water partition coefficient (Wildman–Crippen LogP) is -1.27. The van der Waals surface area contributed by atoms with Gasteiger partial charge in [-0.3, -0.25) is 9.78 Å². The number of rotatable bonds is 2. The Balaban J connectivity index is 2.65. The molecule has 0 bridgehead atoms. The van der Waals surface area contributed by atoms with Gasteiger partial charge >= 0.3 is 0 Å². The molecule has 7 nitrogen and oxygen atoms in total. The molecule has 0 saturated heterocycles. The normalized spacial score (nSPS) is 10.9. The van der Waals surface area contributed by atoms with Gasteiger partial charge in [-0.1, -0.05) is 0 Å². The second-order valence-corrected chi connectivity index (χ2v) is 2.87. The third kappa shape index (κ3) is 1.33. The first-order valence-corrected chi connectivity index (χ1v) is 4.15. The first-order valence-electron chi connectivity index (χ1n) is 4.15. The lowest BCUT2D eigenvalue weighted by molar-refractivity contribution is 0.899. The smallest absolute Gasteiger partial charge is 0.278 e. The van der Waals surface area contributed by atoms with Crippen molar-refractivity contribution in [3.8, 4) is 0 Å². The zero-order chi connectivity index (χ0) is 10.1. The molecule has 0 aliphatic heterocycles. The van der Waals surface area contributed by atoms with Crippen molar-refractivity contribution in [2.75, 3.05) is 12.3 Å². The van der Waals surface area contributed by atoms with Crippen LogP contribution in [0.2, 0.25) is 0 Å². The van der Waals surface area contributed by atoms with E-state index in [-0.39, 0.29) is 11.5 Å². The fourth-order valence-corrected chi connectivity index (χ4v) is 1.23. The number of hydrogen-bond donors (Lipinski definition) is 4. The highest BCUT2D eigenvalue weighted by molar-refractivity contribution is 5.70. The SMILES string of the molecule is NCCc1nc2nc(N)[nH]c(=O)c2[nH]1. The second-order valence-electron chi connectivity index (χ2n) is 2.87. The number of imidazole rings is 1. The van der Waals surface area contributed by atoms with E-state index in [1.165, 1.54) is 0 Å². The highest BCUT2D eigenvalue weighted by atomic mass is 16.1. The van der Waals surface area contributed by atoms with Crippen LogP contribution in [0.4, 0.5) is 5.95 Å². The van der Waals surface area contributed by atoms with E-state index < -0.39 is 0 Å². The first-order chi connectivity index (χ1) is 6.70. The molecule has 0 atom stereocenters. The van der Waals surface area contributed by atoms with Crippen molar-refractivity contribution in [2.24, 2.45) is 5.73 Å². The standard InChI is InChI=1S/C7H10N6O/c8-2-1-3-10-4-5(11-3)12-7(9)13-6(4)14/h1-2,8H2,(H4,9,10,11,12,13,14). The average molecular weight is 194 g/mol. The third-order valence-corrected chi connectivity index (χ3v) is 1.81. The Bertz CT molecular complexity index is 512. The van der Waals surface area contributed by atoms with E-state index >= 15 is 0 Å². The van der Waals surface area contributed by atoms with Gasteiger partial charge in [0.2, 0.25) is 5.95 Å². The number of nitrogen functional groups attached to an aromatic ring is 1. The summed E-state index contributed by atoms with van der Waals surface area (Å²) in [5.41, 5.74) is 11.1. The zero-order valence-electron chi connectivity index (χ0n) is 7.37. The van der Waals surface area contributed by atoms with Crippen LogP contribution in [-0.4, -0.2) is 26.5 Å². The summed E-state index contributed by atoms with van der Waals surface area (Å²) in [6, 6.07) is 0. The number of anilines is 1. The molecular formula is C7H10N6O. The molecule has 7 heteroatoms. The highest BCUT2D eigenvalue weighted by Gasteiger charge is 2.07. The molecular weight excluding hydrogens is 184 g/mol. The Morgan fingerprint density at radius 3 is 2.79 bits per heavy atom. The lowest BCUT2D eigenvalue weighted by atomic mass is 10.4. The van der Waals surface area contributed by atoms with Crippen LogP contribution in [0.25, 0.3) is 11.2 Å². The fourth-order valence-electron chi connectivity index (χ4n) is 1.23. The number of nitrogens with zero attached hydrogens (tertiary/aromatic N) is 2. The van der Waals surface area contributed by atoms with E-state index in [1.54, 1.807) is 0 Å². The molecule has 0 radical (unpaired) electrons. The maximum Gasteiger partial charge on any atom is 0.278 e. The molecule has 2 aromatic rings. The molecule has 6 N–H and O–H groups in total. The van der Waals surface area contributed by atoms with Crippen molar-refractivity contribution >= 4 is 17.1 Å². The van der Waals surface area contributed by atoms with Gasteiger partial charge in [-0.2, -0.15) is 4.98 Å². The van der Waals surface area contributed by atoms with E-state index in [4.69, 9.17) is 11.5 Å². The molecule has 14 heavy (non-hydrogen) atoms. The average Bonchev–Trinajstić information content (AvgIpc) is 2.48. The van der Waals surface area contributed by atoms with E-state index in [1.807, 2.05) is 0 Å². The van der Waals surface area contributed by atoms with Crippen LogP contribution in [0.15, 0.2) is 4.79 Å². The number of fused-ring (bicyclic) bond motifs is 1. The Kier molecular flexibility index (Phi) is 1.93. The van der Waals surface area contributed by atoms with Gasteiger partial charge in [0.05, 0.1) is 0 Å². The number of hydrogen-bond acceptors (Lipinski definition) is 5. The lowest BCUT2D eigenvalue weighted by Crippen LogP contribution is -2.11. The van der Waals surface area contributed by atoms with Crippen molar-refractivity contribution in [3.63, 3.8) is 0 Å². The molecule has 0 unspecified atom stereocenters. The predicted molar refractivity (Wildman–Crippen MR) is 51.7 cm³/mol. The Morgan fingerprint density at radius 2 is 2.07 bits per heavy atom. The van der Waals surface area contributed by atoms with Crippen LogP contribution in [0.5, 0.6) is 0 Å². The summed E-state index contributed by atoms with van der Waals surface area (Å²) in [5, 5.41) is 0. The number of H-pyrrole nitrogens is 2. The summed E-state index contributed by atoms with van der Waals surface area (Å²) < 4.78 is 0. The minimum atomic E-state index is -0.316. The Morgan fingerprint density at radius 1 is 1.29 bits per heavy atom. The van der Waals surface area contributed by atoms with Crippen LogP contribution in [-0.2, 0) is 6.42 Å². The van der Waals surface area contributed by atoms with Gasteiger partial charge in [0, 0.05) is 6.42 Å². The van der Waals surface area contributed by atoms with Gasteiger partial charge in [0.15, 0.2) is 11.2 Å². The van der Waals surface area contributed by atoms with Crippen molar-refractivity contribution in [1.29, 1.82) is 0 Å². The number of aromatic nitrogens is 4. The monoisotopic (exact) mass is 194 g/mol. The zero-order valence-corrected chi connectivity index (χ0v) is 7.37. The molecule has 0 spiro atoms. The van der Waals surface area contributed by atoms with Gasteiger partial charge in [0.1, 0.15) is 5.82 Å². The summed E-state index contributed by atoms with van der Waals surface area (Å²) in [7, 11) is 0. The van der Waals surface area contributed by atoms with E-state index in [0.29, 0.717) is 30.0 Å². The largest absolute Gasteiger partial charge is 0.369 e. The number of nitrogens with two attached hydrogens (primary N) is 2. The van der Waals surface area contributed by atoms with E-state index in [0.717, 1.165) is 0 Å². The molecule has 0 saturated carbocycles. The van der Waals surface area contributed by atoms with Crippen molar-refractivity contribution < 1.29 is 0 Å². The molecule has 74 valence electrons. The van der Waals surface area contributed by atoms with Gasteiger partial charge in [0.25, 0.3) is 5.56 Å². The third-order valence-electron chi connectivity index (χ3n) is 1.81. The molecule has 0 aliphatic rings. The van der Waals surface area contributed by atoms with Gasteiger partial charge in [-0.05, 0) is 6.54 Å². The van der Waals surface area contributed by atoms with Gasteiger partial charge < -0.3 is 16.5 Å². The number of aromatic amines is 2. The summed E-state index contributed by atoms with van der Waals surface area (Å²) in [5.74, 6) is 0.708. The Hall–Kier alpha value is -1.89. The van der Waals surface area contributed by atoms with Gasteiger partial charge in [-0.25, -0.2) is 4.98 Å². The van der Waals surface area contributed by atoms with Crippen molar-refractivity contribution in [2.45, 2.75) is 6.42 Å². The molecule has 0 amide bonds. The first kappa shape index (κ1) is 8.70.